The minimum atomic E-state index is -0.631. The van der Waals surface area contributed by atoms with Gasteiger partial charge in [0.1, 0.15) is 5.78 Å². The van der Waals surface area contributed by atoms with Crippen molar-refractivity contribution in [2.24, 2.45) is 11.3 Å². The first-order valence-electron chi connectivity index (χ1n) is 11.3. The minimum Gasteiger partial charge on any atom is -0.392 e. The lowest BCUT2D eigenvalue weighted by atomic mass is 9.79. The predicted molar refractivity (Wildman–Crippen MR) is 128 cm³/mol. The van der Waals surface area contributed by atoms with E-state index in [0.29, 0.717) is 6.42 Å². The van der Waals surface area contributed by atoms with Gasteiger partial charge in [-0.15, -0.1) is 11.3 Å². The molecule has 1 aliphatic heterocycles. The van der Waals surface area contributed by atoms with Crippen LogP contribution in [-0.2, 0) is 9.59 Å². The smallest absolute Gasteiger partial charge is 0.220 e. The molecule has 0 radical (unpaired) electrons. The highest BCUT2D eigenvalue weighted by Crippen LogP contribution is 2.28. The quantitative estimate of drug-likeness (QED) is 0.610. The molecule has 1 aliphatic rings. The number of nitrogens with one attached hydrogen (secondary N) is 1. The molecule has 172 valence electrons. The summed E-state index contributed by atoms with van der Waals surface area (Å²) in [4.78, 5) is 30.0. The molecule has 1 aromatic heterocycles. The SMILES string of the molecule is C/C(=C\c1csc(C)n1)C1C/C=C\CCCC(C)[C@H](O)CC(=O)C(C)(C)CCC(=O)N1. The molecule has 0 aliphatic carbocycles. The molecule has 0 spiro atoms. The van der Waals surface area contributed by atoms with Gasteiger partial charge in [0, 0.05) is 23.6 Å². The third kappa shape index (κ3) is 8.34. The van der Waals surface area contributed by atoms with Crippen LogP contribution in [0.15, 0.2) is 23.1 Å². The zero-order chi connectivity index (χ0) is 23.0. The lowest BCUT2D eigenvalue weighted by molar-refractivity contribution is -0.131. The third-order valence-electron chi connectivity index (χ3n) is 6.25. The highest BCUT2D eigenvalue weighted by atomic mass is 32.1. The molecule has 1 aromatic rings. The summed E-state index contributed by atoms with van der Waals surface area (Å²) in [6, 6.07) is -0.0989. The Hall–Kier alpha value is -1.79. The number of aryl methyl sites for hydroxylation is 1. The van der Waals surface area contributed by atoms with Crippen molar-refractivity contribution < 1.29 is 14.7 Å². The molecule has 0 saturated carbocycles. The van der Waals surface area contributed by atoms with Crippen LogP contribution >= 0.6 is 11.3 Å². The number of hydrogen-bond acceptors (Lipinski definition) is 5. The standard InChI is InChI=1S/C25H38N2O3S/c1-17-10-8-6-7-9-11-21(18(2)14-20-16-31-19(3)26-20)27-24(30)12-13-25(4,5)23(29)15-22(17)28/h7,9,14,16-17,21-22,28H,6,8,10-13,15H2,1-5H3,(H,27,30)/b9-7-,18-14+/t17?,21?,22-/m1/s1. The van der Waals surface area contributed by atoms with Crippen LogP contribution in [0.4, 0.5) is 0 Å². The molecule has 0 fully saturated rings. The normalized spacial score (nSPS) is 28.2. The van der Waals surface area contributed by atoms with Gasteiger partial charge in [-0.3, -0.25) is 9.59 Å². The number of aliphatic hydroxyl groups excluding tert-OH is 1. The fourth-order valence-corrected chi connectivity index (χ4v) is 4.31. The number of allylic oxidation sites excluding steroid dienone is 1. The van der Waals surface area contributed by atoms with Crippen LogP contribution in [0.1, 0.15) is 83.3 Å². The van der Waals surface area contributed by atoms with Crippen LogP contribution in [0.2, 0.25) is 0 Å². The zero-order valence-electron chi connectivity index (χ0n) is 19.6. The molecule has 3 atom stereocenters. The highest BCUT2D eigenvalue weighted by Gasteiger charge is 2.31. The number of thiazole rings is 1. The largest absolute Gasteiger partial charge is 0.392 e. The topological polar surface area (TPSA) is 79.3 Å². The van der Waals surface area contributed by atoms with Crippen LogP contribution < -0.4 is 5.32 Å². The zero-order valence-corrected chi connectivity index (χ0v) is 20.4. The van der Waals surface area contributed by atoms with Gasteiger partial charge < -0.3 is 10.4 Å². The lowest BCUT2D eigenvalue weighted by Gasteiger charge is -2.27. The van der Waals surface area contributed by atoms with Gasteiger partial charge in [-0.25, -0.2) is 4.98 Å². The van der Waals surface area contributed by atoms with E-state index in [1.807, 2.05) is 46.1 Å². The lowest BCUT2D eigenvalue weighted by Crippen LogP contribution is -2.37. The molecular formula is C25H38N2O3S. The molecule has 6 heteroatoms. The first kappa shape index (κ1) is 25.5. The van der Waals surface area contributed by atoms with E-state index in [-0.39, 0.29) is 36.5 Å². The van der Waals surface area contributed by atoms with Gasteiger partial charge >= 0.3 is 0 Å². The fraction of sp³-hybridized carbons (Fsp3) is 0.640. The van der Waals surface area contributed by atoms with Crippen molar-refractivity contribution in [3.63, 3.8) is 0 Å². The van der Waals surface area contributed by atoms with E-state index in [1.54, 1.807) is 11.3 Å². The van der Waals surface area contributed by atoms with Crippen molar-refractivity contribution in [2.45, 2.75) is 91.7 Å². The van der Waals surface area contributed by atoms with Crippen molar-refractivity contribution in [3.8, 4) is 0 Å². The molecule has 0 saturated heterocycles. The highest BCUT2D eigenvalue weighted by molar-refractivity contribution is 7.09. The third-order valence-corrected chi connectivity index (χ3v) is 7.04. The summed E-state index contributed by atoms with van der Waals surface area (Å²) in [5, 5.41) is 16.6. The molecule has 0 aromatic carbocycles. The van der Waals surface area contributed by atoms with Gasteiger partial charge in [0.05, 0.1) is 22.8 Å². The van der Waals surface area contributed by atoms with Gasteiger partial charge in [0.25, 0.3) is 0 Å². The summed E-state index contributed by atoms with van der Waals surface area (Å²) >= 11 is 1.61. The molecule has 2 unspecified atom stereocenters. The van der Waals surface area contributed by atoms with Crippen molar-refractivity contribution in [1.29, 1.82) is 0 Å². The van der Waals surface area contributed by atoms with Crippen molar-refractivity contribution >= 4 is 29.1 Å². The summed E-state index contributed by atoms with van der Waals surface area (Å²) in [5.74, 6) is 0.0597. The number of rotatable bonds is 2. The molecule has 5 nitrogen and oxygen atoms in total. The van der Waals surface area contributed by atoms with Crippen LogP contribution in [0.3, 0.4) is 0 Å². The maximum atomic E-state index is 12.8. The number of carbonyl (C=O) groups is 2. The average molecular weight is 447 g/mol. The van der Waals surface area contributed by atoms with Crippen LogP contribution in [0.25, 0.3) is 6.08 Å². The number of ketones is 1. The molecule has 1 amide bonds. The summed E-state index contributed by atoms with van der Waals surface area (Å²) in [6.45, 7) is 9.77. The van der Waals surface area contributed by atoms with E-state index < -0.39 is 11.5 Å². The van der Waals surface area contributed by atoms with Crippen molar-refractivity contribution in [2.75, 3.05) is 0 Å². The van der Waals surface area contributed by atoms with E-state index in [4.69, 9.17) is 0 Å². The number of nitrogens with zero attached hydrogens (tertiary/aromatic N) is 1. The molecule has 2 heterocycles. The van der Waals surface area contributed by atoms with Gasteiger partial charge in [0.15, 0.2) is 0 Å². The Kier molecular flexibility index (Phi) is 9.63. The number of carbonyl (C=O) groups excluding carboxylic acids is 2. The van der Waals surface area contributed by atoms with E-state index >= 15 is 0 Å². The Bertz CT molecular complexity index is 809. The monoisotopic (exact) mass is 446 g/mol. The number of hydrogen-bond donors (Lipinski definition) is 2. The van der Waals surface area contributed by atoms with Crippen LogP contribution in [0, 0.1) is 18.3 Å². The average Bonchev–Trinajstić information content (AvgIpc) is 3.11. The van der Waals surface area contributed by atoms with Crippen LogP contribution in [0.5, 0.6) is 0 Å². The number of Topliss-reactive ketones (excluding diaryl/α,β-unsaturated/α-hetero) is 1. The Balaban J connectivity index is 2.17. The molecule has 31 heavy (non-hydrogen) atoms. The maximum Gasteiger partial charge on any atom is 0.220 e. The Morgan fingerprint density at radius 2 is 2.06 bits per heavy atom. The Morgan fingerprint density at radius 3 is 2.74 bits per heavy atom. The molecule has 2 N–H and O–H groups in total. The van der Waals surface area contributed by atoms with E-state index in [1.165, 1.54) is 0 Å². The number of aliphatic hydroxyl groups is 1. The van der Waals surface area contributed by atoms with Gasteiger partial charge in [-0.1, -0.05) is 32.9 Å². The van der Waals surface area contributed by atoms with Crippen molar-refractivity contribution in [1.82, 2.24) is 10.3 Å². The molecular weight excluding hydrogens is 408 g/mol. The van der Waals surface area contributed by atoms with E-state index in [0.717, 1.165) is 42.0 Å². The number of aromatic nitrogens is 1. The number of amides is 1. The van der Waals surface area contributed by atoms with Crippen molar-refractivity contribution in [3.05, 3.63) is 33.8 Å². The Labute approximate surface area is 191 Å². The first-order chi connectivity index (χ1) is 14.6. The molecule has 0 bridgehead atoms. The minimum absolute atomic E-state index is 0.0261. The first-order valence-corrected chi connectivity index (χ1v) is 12.2. The second-order valence-electron chi connectivity index (χ2n) is 9.49. The summed E-state index contributed by atoms with van der Waals surface area (Å²) < 4.78 is 0. The fourth-order valence-electron chi connectivity index (χ4n) is 3.74. The Morgan fingerprint density at radius 1 is 1.32 bits per heavy atom. The summed E-state index contributed by atoms with van der Waals surface area (Å²) in [6.07, 6.45) is 10.1. The van der Waals surface area contributed by atoms with E-state index in [2.05, 4.69) is 22.5 Å². The molecule has 2 rings (SSSR count). The predicted octanol–water partition coefficient (Wildman–Crippen LogP) is 5.23. The van der Waals surface area contributed by atoms with E-state index in [9.17, 15) is 14.7 Å². The van der Waals surface area contributed by atoms with Gasteiger partial charge in [-0.2, -0.15) is 0 Å². The maximum absolute atomic E-state index is 12.8. The summed E-state index contributed by atoms with van der Waals surface area (Å²) in [5.41, 5.74) is 1.36. The van der Waals surface area contributed by atoms with Crippen LogP contribution in [-0.4, -0.2) is 33.9 Å². The summed E-state index contributed by atoms with van der Waals surface area (Å²) in [7, 11) is 0. The van der Waals surface area contributed by atoms with Gasteiger partial charge in [0.2, 0.25) is 5.91 Å². The van der Waals surface area contributed by atoms with Gasteiger partial charge in [-0.05, 0) is 63.5 Å². The second kappa shape index (κ2) is 11.7. The second-order valence-corrected chi connectivity index (χ2v) is 10.6.